The SMILES string of the molecule is Nc1ncnc2c1ncn2[C@@H]1O[C@H](COC(=O)COc2ccc(C=Cc3ccccc3)cc2)[C@@H](O)[C@H]1O. The van der Waals surface area contributed by atoms with Gasteiger partial charge in [0.05, 0.1) is 6.33 Å². The van der Waals surface area contributed by atoms with Crippen LogP contribution in [0.2, 0.25) is 0 Å². The molecule has 4 N–H and O–H groups in total. The number of nitrogens with zero attached hydrogens (tertiary/aromatic N) is 4. The van der Waals surface area contributed by atoms with Gasteiger partial charge in [0.1, 0.15) is 42.5 Å². The van der Waals surface area contributed by atoms with Gasteiger partial charge in [-0.2, -0.15) is 0 Å². The van der Waals surface area contributed by atoms with E-state index in [4.69, 9.17) is 19.9 Å². The normalized spacial score (nSPS) is 21.5. The van der Waals surface area contributed by atoms with E-state index in [-0.39, 0.29) is 19.0 Å². The minimum atomic E-state index is -1.30. The number of aliphatic hydroxyl groups is 2. The van der Waals surface area contributed by atoms with Crippen LogP contribution in [0.1, 0.15) is 17.4 Å². The highest BCUT2D eigenvalue weighted by atomic mass is 16.6. The second-order valence-electron chi connectivity index (χ2n) is 8.41. The number of ether oxygens (including phenoxy) is 3. The van der Waals surface area contributed by atoms with E-state index >= 15 is 0 Å². The molecule has 11 heteroatoms. The van der Waals surface area contributed by atoms with E-state index in [1.165, 1.54) is 17.2 Å². The summed E-state index contributed by atoms with van der Waals surface area (Å²) in [6, 6.07) is 17.2. The summed E-state index contributed by atoms with van der Waals surface area (Å²) in [5, 5.41) is 20.9. The molecule has 5 rings (SSSR count). The third-order valence-corrected chi connectivity index (χ3v) is 5.91. The highest BCUT2D eigenvalue weighted by molar-refractivity contribution is 5.81. The van der Waals surface area contributed by atoms with Gasteiger partial charge in [0, 0.05) is 0 Å². The summed E-state index contributed by atoms with van der Waals surface area (Å²) in [4.78, 5) is 24.3. The number of carbonyl (C=O) groups excluding carboxylic acids is 1. The Morgan fingerprint density at radius 3 is 2.49 bits per heavy atom. The number of hydrogen-bond donors (Lipinski definition) is 3. The van der Waals surface area contributed by atoms with Crippen molar-refractivity contribution in [3.63, 3.8) is 0 Å². The molecule has 0 bridgehead atoms. The molecule has 37 heavy (non-hydrogen) atoms. The van der Waals surface area contributed by atoms with E-state index in [1.54, 1.807) is 12.1 Å². The third kappa shape index (κ3) is 5.43. The number of nitrogens with two attached hydrogens (primary N) is 1. The van der Waals surface area contributed by atoms with Gasteiger partial charge in [-0.05, 0) is 23.3 Å². The Bertz CT molecular complexity index is 1390. The zero-order valence-corrected chi connectivity index (χ0v) is 19.6. The molecule has 190 valence electrons. The van der Waals surface area contributed by atoms with Gasteiger partial charge in [-0.25, -0.2) is 19.7 Å². The Morgan fingerprint density at radius 1 is 1.00 bits per heavy atom. The molecule has 0 spiro atoms. The number of esters is 1. The van der Waals surface area contributed by atoms with Crippen molar-refractivity contribution in [1.82, 2.24) is 19.5 Å². The first-order chi connectivity index (χ1) is 18.0. The molecule has 1 aliphatic rings. The van der Waals surface area contributed by atoms with Crippen LogP contribution in [-0.4, -0.2) is 67.2 Å². The number of fused-ring (bicyclic) bond motifs is 1. The minimum absolute atomic E-state index is 0.181. The lowest BCUT2D eigenvalue weighted by Gasteiger charge is -2.16. The van der Waals surface area contributed by atoms with Crippen molar-refractivity contribution < 1.29 is 29.2 Å². The molecule has 0 unspecified atom stereocenters. The molecule has 2 aromatic carbocycles. The van der Waals surface area contributed by atoms with Crippen LogP contribution in [0.25, 0.3) is 23.3 Å². The van der Waals surface area contributed by atoms with Crippen molar-refractivity contribution in [2.45, 2.75) is 24.5 Å². The minimum Gasteiger partial charge on any atom is -0.482 e. The van der Waals surface area contributed by atoms with Crippen LogP contribution in [0.3, 0.4) is 0 Å². The van der Waals surface area contributed by atoms with E-state index in [9.17, 15) is 15.0 Å². The van der Waals surface area contributed by atoms with Crippen molar-refractivity contribution >= 4 is 35.1 Å². The maximum Gasteiger partial charge on any atom is 0.344 e. The van der Waals surface area contributed by atoms with Crippen molar-refractivity contribution in [2.75, 3.05) is 18.9 Å². The first-order valence-electron chi connectivity index (χ1n) is 11.6. The summed E-state index contributed by atoms with van der Waals surface area (Å²) >= 11 is 0. The number of aromatic nitrogens is 4. The first-order valence-corrected chi connectivity index (χ1v) is 11.6. The number of aliphatic hydroxyl groups excluding tert-OH is 2. The lowest BCUT2D eigenvalue weighted by atomic mass is 10.1. The van der Waals surface area contributed by atoms with Crippen LogP contribution in [-0.2, 0) is 14.3 Å². The number of hydrogen-bond acceptors (Lipinski definition) is 10. The summed E-state index contributed by atoms with van der Waals surface area (Å²) < 4.78 is 17.9. The monoisotopic (exact) mass is 503 g/mol. The molecule has 0 aliphatic carbocycles. The molecule has 2 aromatic heterocycles. The Morgan fingerprint density at radius 2 is 1.73 bits per heavy atom. The van der Waals surface area contributed by atoms with Gasteiger partial charge in [0.15, 0.2) is 24.3 Å². The Balaban J connectivity index is 1.11. The van der Waals surface area contributed by atoms with Crippen LogP contribution >= 0.6 is 0 Å². The molecular weight excluding hydrogens is 478 g/mol. The van der Waals surface area contributed by atoms with Crippen molar-refractivity contribution in [2.24, 2.45) is 0 Å². The Labute approximate surface area is 211 Å². The Kier molecular flexibility index (Phi) is 7.08. The zero-order chi connectivity index (χ0) is 25.8. The van der Waals surface area contributed by atoms with E-state index < -0.39 is 30.5 Å². The van der Waals surface area contributed by atoms with E-state index in [1.807, 2.05) is 54.6 Å². The summed E-state index contributed by atoms with van der Waals surface area (Å²) in [6.07, 6.45) is 2.08. The quantitative estimate of drug-likeness (QED) is 0.239. The fraction of sp³-hybridized carbons (Fsp3) is 0.231. The summed E-state index contributed by atoms with van der Waals surface area (Å²) in [5.74, 6) is 0.0469. The van der Waals surface area contributed by atoms with Crippen LogP contribution in [0.4, 0.5) is 5.82 Å². The molecule has 0 saturated carbocycles. The van der Waals surface area contributed by atoms with Crippen molar-refractivity contribution in [3.05, 3.63) is 78.4 Å². The predicted molar refractivity (Wildman–Crippen MR) is 134 cm³/mol. The van der Waals surface area contributed by atoms with Gasteiger partial charge in [0.25, 0.3) is 0 Å². The first kappa shape index (κ1) is 24.4. The van der Waals surface area contributed by atoms with Gasteiger partial charge in [-0.15, -0.1) is 0 Å². The molecule has 4 aromatic rings. The zero-order valence-electron chi connectivity index (χ0n) is 19.6. The average molecular weight is 504 g/mol. The predicted octanol–water partition coefficient (Wildman–Crippen LogP) is 1.82. The van der Waals surface area contributed by atoms with Gasteiger partial charge < -0.3 is 30.2 Å². The maximum atomic E-state index is 12.2. The molecule has 4 atom stereocenters. The molecular formula is C26H25N5O6. The molecule has 1 fully saturated rings. The molecule has 1 saturated heterocycles. The van der Waals surface area contributed by atoms with Crippen LogP contribution in [0.15, 0.2) is 67.3 Å². The maximum absolute atomic E-state index is 12.2. The van der Waals surface area contributed by atoms with Crippen molar-refractivity contribution in [1.29, 1.82) is 0 Å². The highest BCUT2D eigenvalue weighted by Gasteiger charge is 2.45. The third-order valence-electron chi connectivity index (χ3n) is 5.91. The highest BCUT2D eigenvalue weighted by Crippen LogP contribution is 2.32. The summed E-state index contributed by atoms with van der Waals surface area (Å²) in [5.41, 5.74) is 8.57. The summed E-state index contributed by atoms with van der Waals surface area (Å²) in [7, 11) is 0. The topological polar surface area (TPSA) is 155 Å². The van der Waals surface area contributed by atoms with Crippen LogP contribution in [0.5, 0.6) is 5.75 Å². The number of anilines is 1. The van der Waals surface area contributed by atoms with E-state index in [0.29, 0.717) is 16.9 Å². The molecule has 1 aliphatic heterocycles. The molecule has 3 heterocycles. The molecule has 0 amide bonds. The second kappa shape index (κ2) is 10.7. The average Bonchev–Trinajstić information content (AvgIpc) is 3.48. The largest absolute Gasteiger partial charge is 0.482 e. The van der Waals surface area contributed by atoms with Crippen molar-refractivity contribution in [3.8, 4) is 5.75 Å². The molecule has 11 nitrogen and oxygen atoms in total. The fourth-order valence-electron chi connectivity index (χ4n) is 3.94. The fourth-order valence-corrected chi connectivity index (χ4v) is 3.94. The standard InChI is InChI=1S/C26H25N5O6/c27-24-21-25(29-14-28-24)31(15-30-21)26-23(34)22(33)19(37-26)12-36-20(32)13-35-18-10-8-17(9-11-18)7-6-16-4-2-1-3-5-16/h1-11,14-15,19,22-23,26,33-34H,12-13H2,(H2,27,28,29)/t19-,22-,23-,26-/m1/s1. The lowest BCUT2D eigenvalue weighted by molar-refractivity contribution is -0.152. The number of rotatable bonds is 8. The lowest BCUT2D eigenvalue weighted by Crippen LogP contribution is -2.34. The number of carbonyl (C=O) groups is 1. The van der Waals surface area contributed by atoms with Gasteiger partial charge in [0.2, 0.25) is 0 Å². The van der Waals surface area contributed by atoms with Crippen LogP contribution in [0, 0.1) is 0 Å². The van der Waals surface area contributed by atoms with Gasteiger partial charge in [-0.1, -0.05) is 54.6 Å². The smallest absolute Gasteiger partial charge is 0.344 e. The number of benzene rings is 2. The number of imidazole rings is 1. The van der Waals surface area contributed by atoms with E-state index in [2.05, 4.69) is 15.0 Å². The summed E-state index contributed by atoms with van der Waals surface area (Å²) in [6.45, 7) is -0.597. The molecule has 0 radical (unpaired) electrons. The van der Waals surface area contributed by atoms with E-state index in [0.717, 1.165) is 11.1 Å². The Hall–Kier alpha value is -4.32. The van der Waals surface area contributed by atoms with Gasteiger partial charge in [-0.3, -0.25) is 4.57 Å². The number of nitrogen functional groups attached to an aromatic ring is 1. The van der Waals surface area contributed by atoms with Gasteiger partial charge >= 0.3 is 5.97 Å². The second-order valence-corrected chi connectivity index (χ2v) is 8.41. The van der Waals surface area contributed by atoms with Crippen LogP contribution < -0.4 is 10.5 Å².